The minimum atomic E-state index is 0.894. The average Bonchev–Trinajstić information content (AvgIpc) is 4.08. The number of aromatic nitrogens is 2. The van der Waals surface area contributed by atoms with Gasteiger partial charge in [-0.15, -0.1) is 0 Å². The third kappa shape index (κ3) is 6.51. The second kappa shape index (κ2) is 15.7. The summed E-state index contributed by atoms with van der Waals surface area (Å²) in [5.74, 6) is 0. The lowest BCUT2D eigenvalue weighted by Crippen LogP contribution is -1.94. The number of fused-ring (bicyclic) bond motifs is 9. The van der Waals surface area contributed by atoms with Gasteiger partial charge in [0.25, 0.3) is 0 Å². The van der Waals surface area contributed by atoms with Gasteiger partial charge >= 0.3 is 0 Å². The number of rotatable bonds is 7. The summed E-state index contributed by atoms with van der Waals surface area (Å²) in [4.78, 5) is 0. The molecule has 0 atom stereocenters. The second-order valence-corrected chi connectivity index (χ2v) is 18.1. The van der Waals surface area contributed by atoms with Gasteiger partial charge < -0.3 is 13.6 Å². The van der Waals surface area contributed by atoms with E-state index < -0.39 is 0 Å². The summed E-state index contributed by atoms with van der Waals surface area (Å²) in [5.41, 5.74) is 20.8. The van der Waals surface area contributed by atoms with Crippen molar-refractivity contribution in [2.24, 2.45) is 0 Å². The summed E-state index contributed by atoms with van der Waals surface area (Å²) in [6.45, 7) is 0. The molecule has 11 aromatic carbocycles. The molecular formula is C66H42N2O. The summed E-state index contributed by atoms with van der Waals surface area (Å²) < 4.78 is 11.1. The first-order valence-electron chi connectivity index (χ1n) is 23.6. The molecule has 14 aromatic rings. The van der Waals surface area contributed by atoms with Crippen molar-refractivity contribution in [3.8, 4) is 67.0 Å². The van der Waals surface area contributed by atoms with Crippen LogP contribution < -0.4 is 0 Å². The van der Waals surface area contributed by atoms with Crippen molar-refractivity contribution < 1.29 is 4.42 Å². The van der Waals surface area contributed by atoms with Crippen molar-refractivity contribution in [1.82, 2.24) is 9.13 Å². The summed E-state index contributed by atoms with van der Waals surface area (Å²) in [7, 11) is 0. The van der Waals surface area contributed by atoms with Crippen molar-refractivity contribution in [1.29, 1.82) is 0 Å². The van der Waals surface area contributed by atoms with Crippen molar-refractivity contribution in [2.75, 3.05) is 0 Å². The molecule has 3 nitrogen and oxygen atoms in total. The highest BCUT2D eigenvalue weighted by molar-refractivity contribution is 6.13. The molecule has 0 spiro atoms. The molecule has 0 bridgehead atoms. The van der Waals surface area contributed by atoms with E-state index >= 15 is 0 Å². The molecular weight excluding hydrogens is 837 g/mol. The molecule has 322 valence electrons. The van der Waals surface area contributed by atoms with Crippen LogP contribution in [0.25, 0.3) is 133 Å². The van der Waals surface area contributed by atoms with E-state index in [1.807, 2.05) is 12.1 Å². The number of benzene rings is 11. The number of hydrogen-bond acceptors (Lipinski definition) is 1. The van der Waals surface area contributed by atoms with Gasteiger partial charge in [-0.1, -0.05) is 170 Å². The highest BCUT2D eigenvalue weighted by Gasteiger charge is 2.18. The number of furan rings is 1. The van der Waals surface area contributed by atoms with Crippen LogP contribution in [0.5, 0.6) is 0 Å². The van der Waals surface area contributed by atoms with Gasteiger partial charge in [0.1, 0.15) is 11.2 Å². The summed E-state index contributed by atoms with van der Waals surface area (Å²) in [5, 5.41) is 7.19. The lowest BCUT2D eigenvalue weighted by molar-refractivity contribution is 0.668. The summed E-state index contributed by atoms with van der Waals surface area (Å²) >= 11 is 0. The van der Waals surface area contributed by atoms with Crippen molar-refractivity contribution >= 4 is 65.6 Å². The van der Waals surface area contributed by atoms with Crippen LogP contribution in [0, 0.1) is 0 Å². The zero-order valence-electron chi connectivity index (χ0n) is 37.6. The van der Waals surface area contributed by atoms with Gasteiger partial charge in [-0.3, -0.25) is 0 Å². The van der Waals surface area contributed by atoms with E-state index in [2.05, 4.69) is 252 Å². The maximum atomic E-state index is 6.34. The molecule has 14 rings (SSSR count). The number of para-hydroxylation sites is 3. The van der Waals surface area contributed by atoms with Crippen LogP contribution in [0.15, 0.2) is 259 Å². The van der Waals surface area contributed by atoms with Crippen molar-refractivity contribution in [3.05, 3.63) is 255 Å². The number of hydrogen-bond donors (Lipinski definition) is 0. The lowest BCUT2D eigenvalue weighted by Gasteiger charge is -2.11. The Kier molecular flexibility index (Phi) is 8.90. The van der Waals surface area contributed by atoms with Crippen LogP contribution in [0.2, 0.25) is 0 Å². The smallest absolute Gasteiger partial charge is 0.137 e. The highest BCUT2D eigenvalue weighted by Crippen LogP contribution is 2.40. The molecule has 0 saturated heterocycles. The normalized spacial score (nSPS) is 11.8. The Morgan fingerprint density at radius 3 is 1.17 bits per heavy atom. The largest absolute Gasteiger partial charge is 0.456 e. The lowest BCUT2D eigenvalue weighted by atomic mass is 9.95. The third-order valence-electron chi connectivity index (χ3n) is 14.1. The van der Waals surface area contributed by atoms with Crippen LogP contribution in [0.3, 0.4) is 0 Å². The Hall–Kier alpha value is -9.18. The van der Waals surface area contributed by atoms with E-state index in [-0.39, 0.29) is 0 Å². The Balaban J connectivity index is 0.774. The molecule has 0 N–H and O–H groups in total. The van der Waals surface area contributed by atoms with Crippen molar-refractivity contribution in [3.63, 3.8) is 0 Å². The molecule has 69 heavy (non-hydrogen) atoms. The summed E-state index contributed by atoms with van der Waals surface area (Å²) in [6, 6.07) is 92.4. The quantitative estimate of drug-likeness (QED) is 0.156. The maximum Gasteiger partial charge on any atom is 0.137 e. The first-order chi connectivity index (χ1) is 34.2. The fraction of sp³-hybridized carbons (Fsp3) is 0. The standard InChI is InChI=1S/C66H42N2O/c1-2-12-43(13-3-1)47-14-10-16-49(38-47)50-17-11-15-48(39-50)46-26-24-44(25-27-46)45-28-32-53(33-29-45)67-61-21-7-4-18-55(61)59-40-51(30-36-63(59)67)52-31-37-64-60(41-52)56-19-5-8-22-62(56)68(64)54-34-35-58-57-20-6-9-23-65(57)69-66(58)42-54/h1-42H. The summed E-state index contributed by atoms with van der Waals surface area (Å²) in [6.07, 6.45) is 0. The topological polar surface area (TPSA) is 23.0 Å². The molecule has 0 aliphatic heterocycles. The van der Waals surface area contributed by atoms with E-state index in [9.17, 15) is 0 Å². The average molecular weight is 879 g/mol. The Morgan fingerprint density at radius 1 is 0.203 bits per heavy atom. The van der Waals surface area contributed by atoms with E-state index in [0.29, 0.717) is 0 Å². The van der Waals surface area contributed by atoms with Crippen LogP contribution in [0.4, 0.5) is 0 Å². The van der Waals surface area contributed by atoms with Gasteiger partial charge in [-0.05, 0) is 134 Å². The van der Waals surface area contributed by atoms with E-state index in [0.717, 1.165) is 33.3 Å². The number of nitrogens with zero attached hydrogens (tertiary/aromatic N) is 2. The SMILES string of the molecule is c1ccc(-c2cccc(-c3cccc(-c4ccc(-c5ccc(-n6c7ccccc7c7cc(-c8ccc9c(c8)c8ccccc8n9-c8ccc9c(c8)oc8ccccc89)ccc76)cc5)cc4)c3)c2)cc1. The van der Waals surface area contributed by atoms with Crippen LogP contribution in [0.1, 0.15) is 0 Å². The second-order valence-electron chi connectivity index (χ2n) is 18.1. The minimum absolute atomic E-state index is 0.894. The maximum absolute atomic E-state index is 6.34. The van der Waals surface area contributed by atoms with E-state index in [1.165, 1.54) is 99.2 Å². The first kappa shape index (κ1) is 39.0. The molecule has 0 aliphatic carbocycles. The predicted molar refractivity (Wildman–Crippen MR) is 290 cm³/mol. The molecule has 3 heteroatoms. The fourth-order valence-electron chi connectivity index (χ4n) is 10.8. The molecule has 0 fully saturated rings. The molecule has 0 unspecified atom stereocenters. The zero-order chi connectivity index (χ0) is 45.4. The van der Waals surface area contributed by atoms with Gasteiger partial charge in [0.2, 0.25) is 0 Å². The molecule has 3 heterocycles. The Morgan fingerprint density at radius 2 is 0.580 bits per heavy atom. The van der Waals surface area contributed by atoms with Gasteiger partial charge in [0.15, 0.2) is 0 Å². The monoisotopic (exact) mass is 878 g/mol. The van der Waals surface area contributed by atoms with Gasteiger partial charge in [-0.2, -0.15) is 0 Å². The zero-order valence-corrected chi connectivity index (χ0v) is 37.6. The van der Waals surface area contributed by atoms with E-state index in [1.54, 1.807) is 0 Å². The molecule has 0 saturated carbocycles. The molecule has 0 radical (unpaired) electrons. The van der Waals surface area contributed by atoms with Gasteiger partial charge in [0, 0.05) is 49.8 Å². The predicted octanol–water partition coefficient (Wildman–Crippen LogP) is 18.1. The molecule has 3 aromatic heterocycles. The van der Waals surface area contributed by atoms with E-state index in [4.69, 9.17) is 4.42 Å². The first-order valence-corrected chi connectivity index (χ1v) is 23.6. The van der Waals surface area contributed by atoms with Crippen LogP contribution in [-0.4, -0.2) is 9.13 Å². The minimum Gasteiger partial charge on any atom is -0.456 e. The Labute approximate surface area is 399 Å². The highest BCUT2D eigenvalue weighted by atomic mass is 16.3. The fourth-order valence-corrected chi connectivity index (χ4v) is 10.8. The van der Waals surface area contributed by atoms with Gasteiger partial charge in [0.05, 0.1) is 22.1 Å². The van der Waals surface area contributed by atoms with Crippen molar-refractivity contribution in [2.45, 2.75) is 0 Å². The van der Waals surface area contributed by atoms with Crippen LogP contribution in [-0.2, 0) is 0 Å². The third-order valence-corrected chi connectivity index (χ3v) is 14.1. The van der Waals surface area contributed by atoms with Gasteiger partial charge in [-0.25, -0.2) is 0 Å². The molecule has 0 aliphatic rings. The Bertz CT molecular complexity index is 4280. The molecule has 0 amide bonds. The van der Waals surface area contributed by atoms with Crippen LogP contribution >= 0.6 is 0 Å².